The van der Waals surface area contributed by atoms with Crippen molar-refractivity contribution >= 4 is 23.3 Å². The Morgan fingerprint density at radius 3 is 2.78 bits per heavy atom. The van der Waals surface area contributed by atoms with Crippen LogP contribution in [0.1, 0.15) is 37.0 Å². The number of nitrogens with zero attached hydrogens (tertiary/aromatic N) is 2. The molecule has 0 aliphatic heterocycles. The van der Waals surface area contributed by atoms with Crippen LogP contribution in [0.3, 0.4) is 0 Å². The predicted octanol–water partition coefficient (Wildman–Crippen LogP) is 2.79. The lowest BCUT2D eigenvalue weighted by atomic mass is 10.2. The molecule has 0 atom stereocenters. The van der Waals surface area contributed by atoms with Gasteiger partial charge in [0.05, 0.1) is 0 Å². The van der Waals surface area contributed by atoms with E-state index in [1.807, 2.05) is 18.7 Å². The van der Waals surface area contributed by atoms with Gasteiger partial charge in [-0.2, -0.15) is 0 Å². The molecule has 18 heavy (non-hydrogen) atoms. The number of halogens is 1. The van der Waals surface area contributed by atoms with E-state index in [9.17, 15) is 4.79 Å². The van der Waals surface area contributed by atoms with E-state index >= 15 is 0 Å². The molecule has 0 saturated heterocycles. The zero-order chi connectivity index (χ0) is 13.1. The van der Waals surface area contributed by atoms with Crippen molar-refractivity contribution in [1.29, 1.82) is 0 Å². The van der Waals surface area contributed by atoms with Crippen LogP contribution in [0.5, 0.6) is 0 Å². The number of carbonyl (C=O) groups is 1. The van der Waals surface area contributed by atoms with E-state index < -0.39 is 0 Å². The summed E-state index contributed by atoms with van der Waals surface area (Å²) in [7, 11) is 0. The minimum atomic E-state index is 0.0449. The van der Waals surface area contributed by atoms with Crippen molar-refractivity contribution < 1.29 is 4.79 Å². The van der Waals surface area contributed by atoms with E-state index in [-0.39, 0.29) is 5.91 Å². The second-order valence-electron chi connectivity index (χ2n) is 4.42. The first-order chi connectivity index (χ1) is 8.65. The standard InChI is InChI=1S/C13H18ClN3O/c1-3-15-12-8-9(7-11(14)16-12)13(18)17(4-2)10-5-6-10/h7-8,10H,3-6H2,1-2H3,(H,15,16). The number of pyridine rings is 1. The SMILES string of the molecule is CCNc1cc(C(=O)N(CC)C2CC2)cc(Cl)n1. The molecule has 1 saturated carbocycles. The Bertz CT molecular complexity index is 446. The van der Waals surface area contributed by atoms with Crippen LogP contribution in [0.2, 0.25) is 5.15 Å². The molecule has 0 radical (unpaired) electrons. The third-order valence-corrected chi connectivity index (χ3v) is 3.18. The molecule has 2 rings (SSSR count). The highest BCUT2D eigenvalue weighted by molar-refractivity contribution is 6.29. The first-order valence-corrected chi connectivity index (χ1v) is 6.76. The monoisotopic (exact) mass is 267 g/mol. The van der Waals surface area contributed by atoms with Crippen LogP contribution < -0.4 is 5.32 Å². The van der Waals surface area contributed by atoms with Crippen LogP contribution in [-0.2, 0) is 0 Å². The summed E-state index contributed by atoms with van der Waals surface area (Å²) in [5.74, 6) is 0.698. The molecule has 5 heteroatoms. The fraction of sp³-hybridized carbons (Fsp3) is 0.538. The molecule has 1 aliphatic carbocycles. The van der Waals surface area contributed by atoms with E-state index in [4.69, 9.17) is 11.6 Å². The van der Waals surface area contributed by atoms with E-state index in [2.05, 4.69) is 10.3 Å². The Balaban J connectivity index is 2.22. The minimum Gasteiger partial charge on any atom is -0.370 e. The summed E-state index contributed by atoms with van der Waals surface area (Å²) in [6.07, 6.45) is 2.22. The van der Waals surface area contributed by atoms with Gasteiger partial charge < -0.3 is 10.2 Å². The third-order valence-electron chi connectivity index (χ3n) is 2.99. The Hall–Kier alpha value is -1.29. The van der Waals surface area contributed by atoms with Crippen molar-refractivity contribution in [1.82, 2.24) is 9.88 Å². The lowest BCUT2D eigenvalue weighted by Gasteiger charge is -2.20. The van der Waals surface area contributed by atoms with Gasteiger partial charge in [-0.3, -0.25) is 4.79 Å². The van der Waals surface area contributed by atoms with Gasteiger partial charge in [-0.15, -0.1) is 0 Å². The zero-order valence-electron chi connectivity index (χ0n) is 10.7. The summed E-state index contributed by atoms with van der Waals surface area (Å²) in [6, 6.07) is 3.82. The summed E-state index contributed by atoms with van der Waals surface area (Å²) in [5, 5.41) is 3.43. The molecular weight excluding hydrogens is 250 g/mol. The number of nitrogens with one attached hydrogen (secondary N) is 1. The Morgan fingerprint density at radius 2 is 2.22 bits per heavy atom. The predicted molar refractivity (Wildman–Crippen MR) is 73.1 cm³/mol. The molecule has 1 fully saturated rings. The molecule has 0 spiro atoms. The fourth-order valence-electron chi connectivity index (χ4n) is 2.01. The molecule has 1 N–H and O–H groups in total. The Kier molecular flexibility index (Phi) is 4.07. The Morgan fingerprint density at radius 1 is 1.50 bits per heavy atom. The lowest BCUT2D eigenvalue weighted by molar-refractivity contribution is 0.0752. The molecule has 1 heterocycles. The molecule has 0 bridgehead atoms. The summed E-state index contributed by atoms with van der Waals surface area (Å²) >= 11 is 5.95. The molecule has 0 aromatic carbocycles. The third kappa shape index (κ3) is 2.93. The number of aromatic nitrogens is 1. The Labute approximate surface area is 112 Å². The van der Waals surface area contributed by atoms with Gasteiger partial charge in [-0.25, -0.2) is 4.98 Å². The van der Waals surface area contributed by atoms with Crippen LogP contribution in [-0.4, -0.2) is 34.9 Å². The highest BCUT2D eigenvalue weighted by Crippen LogP contribution is 2.28. The molecule has 1 aliphatic rings. The van der Waals surface area contributed by atoms with Crippen molar-refractivity contribution in [3.8, 4) is 0 Å². The van der Waals surface area contributed by atoms with E-state index in [0.29, 0.717) is 22.6 Å². The summed E-state index contributed by atoms with van der Waals surface area (Å²) in [4.78, 5) is 18.4. The topological polar surface area (TPSA) is 45.2 Å². The summed E-state index contributed by atoms with van der Waals surface area (Å²) in [6.45, 7) is 5.47. The van der Waals surface area contributed by atoms with Gasteiger partial charge in [-0.05, 0) is 38.8 Å². The number of anilines is 1. The van der Waals surface area contributed by atoms with Crippen LogP contribution in [0.15, 0.2) is 12.1 Å². The average Bonchev–Trinajstić information content (AvgIpc) is 3.14. The number of amides is 1. The largest absolute Gasteiger partial charge is 0.370 e. The molecule has 98 valence electrons. The van der Waals surface area contributed by atoms with E-state index in [1.54, 1.807) is 12.1 Å². The number of hydrogen-bond acceptors (Lipinski definition) is 3. The highest BCUT2D eigenvalue weighted by atomic mass is 35.5. The van der Waals surface area contributed by atoms with Crippen LogP contribution in [0, 0.1) is 0 Å². The van der Waals surface area contributed by atoms with Crippen molar-refractivity contribution in [2.45, 2.75) is 32.7 Å². The van der Waals surface area contributed by atoms with E-state index in [0.717, 1.165) is 25.9 Å². The maximum Gasteiger partial charge on any atom is 0.254 e. The van der Waals surface area contributed by atoms with Gasteiger partial charge in [0, 0.05) is 24.7 Å². The van der Waals surface area contributed by atoms with Gasteiger partial charge >= 0.3 is 0 Å². The molecule has 0 unspecified atom stereocenters. The maximum atomic E-state index is 12.4. The van der Waals surface area contributed by atoms with Crippen LogP contribution in [0.4, 0.5) is 5.82 Å². The van der Waals surface area contributed by atoms with Gasteiger partial charge in [0.25, 0.3) is 5.91 Å². The highest BCUT2D eigenvalue weighted by Gasteiger charge is 2.32. The van der Waals surface area contributed by atoms with Gasteiger partial charge in [0.1, 0.15) is 11.0 Å². The first-order valence-electron chi connectivity index (χ1n) is 6.38. The van der Waals surface area contributed by atoms with E-state index in [1.165, 1.54) is 0 Å². The molecule has 1 aromatic heterocycles. The molecule has 1 aromatic rings. The van der Waals surface area contributed by atoms with Crippen molar-refractivity contribution in [2.24, 2.45) is 0 Å². The zero-order valence-corrected chi connectivity index (χ0v) is 11.5. The summed E-state index contributed by atoms with van der Waals surface area (Å²) in [5.41, 5.74) is 0.611. The number of rotatable bonds is 5. The second-order valence-corrected chi connectivity index (χ2v) is 4.80. The first kappa shape index (κ1) is 13.1. The second kappa shape index (κ2) is 5.57. The number of carbonyl (C=O) groups excluding carboxylic acids is 1. The normalized spacial score (nSPS) is 14.4. The van der Waals surface area contributed by atoms with Crippen LogP contribution >= 0.6 is 11.6 Å². The molecule has 1 amide bonds. The van der Waals surface area contributed by atoms with Crippen molar-refractivity contribution in [2.75, 3.05) is 18.4 Å². The lowest BCUT2D eigenvalue weighted by Crippen LogP contribution is -2.32. The number of hydrogen-bond donors (Lipinski definition) is 1. The van der Waals surface area contributed by atoms with Gasteiger partial charge in [0.2, 0.25) is 0 Å². The smallest absolute Gasteiger partial charge is 0.254 e. The minimum absolute atomic E-state index is 0.0449. The van der Waals surface area contributed by atoms with Crippen molar-refractivity contribution in [3.63, 3.8) is 0 Å². The van der Waals surface area contributed by atoms with Crippen LogP contribution in [0.25, 0.3) is 0 Å². The summed E-state index contributed by atoms with van der Waals surface area (Å²) < 4.78 is 0. The fourth-order valence-corrected chi connectivity index (χ4v) is 2.22. The van der Waals surface area contributed by atoms with Gasteiger partial charge in [-0.1, -0.05) is 11.6 Å². The average molecular weight is 268 g/mol. The quantitative estimate of drug-likeness (QED) is 0.835. The van der Waals surface area contributed by atoms with Crippen molar-refractivity contribution in [3.05, 3.63) is 22.8 Å². The maximum absolute atomic E-state index is 12.4. The molecule has 4 nitrogen and oxygen atoms in total. The molecular formula is C13H18ClN3O. The van der Waals surface area contributed by atoms with Gasteiger partial charge in [0.15, 0.2) is 0 Å².